The molecule has 1 fully saturated rings. The van der Waals surface area contributed by atoms with E-state index >= 15 is 0 Å². The Morgan fingerprint density at radius 3 is 2.90 bits per heavy atom. The van der Waals surface area contributed by atoms with Gasteiger partial charge in [0, 0.05) is 17.9 Å². The lowest BCUT2D eigenvalue weighted by atomic mass is 10.1. The maximum Gasteiger partial charge on any atom is 0.241 e. The van der Waals surface area contributed by atoms with Crippen LogP contribution in [0.5, 0.6) is 0 Å². The Labute approximate surface area is 135 Å². The summed E-state index contributed by atoms with van der Waals surface area (Å²) in [6.07, 6.45) is 1.13. The summed E-state index contributed by atoms with van der Waals surface area (Å²) in [7, 11) is 0. The molecule has 0 spiro atoms. The average Bonchev–Trinajstić information content (AvgIpc) is 2.75. The number of rotatable bonds is 4. The topological polar surface area (TPSA) is 58.4 Å². The molecule has 1 amide bonds. The van der Waals surface area contributed by atoms with Gasteiger partial charge in [-0.3, -0.25) is 9.69 Å². The van der Waals surface area contributed by atoms with Crippen LogP contribution in [-0.4, -0.2) is 46.4 Å². The van der Waals surface area contributed by atoms with Crippen molar-refractivity contribution in [3.05, 3.63) is 29.8 Å². The minimum atomic E-state index is -0.150. The number of anilines is 1. The zero-order chi connectivity index (χ0) is 15.2. The summed E-state index contributed by atoms with van der Waals surface area (Å²) in [5, 5.41) is 2.95. The van der Waals surface area contributed by atoms with Gasteiger partial charge < -0.3 is 11.1 Å². The number of hydrogen-bond acceptors (Lipinski definition) is 4. The van der Waals surface area contributed by atoms with Crippen LogP contribution in [0.3, 0.4) is 0 Å². The van der Waals surface area contributed by atoms with Crippen LogP contribution >= 0.6 is 24.0 Å². The summed E-state index contributed by atoms with van der Waals surface area (Å²) in [6.45, 7) is 3.88. The van der Waals surface area contributed by atoms with E-state index in [2.05, 4.69) is 10.2 Å². The third-order valence-corrected chi connectivity index (χ3v) is 4.90. The molecule has 1 aliphatic rings. The Kier molecular flexibility index (Phi) is 6.02. The van der Waals surface area contributed by atoms with Crippen molar-refractivity contribution in [3.63, 3.8) is 0 Å². The molecule has 1 unspecified atom stereocenters. The summed E-state index contributed by atoms with van der Waals surface area (Å²) >= 11 is 6.98. The van der Waals surface area contributed by atoms with E-state index in [4.69, 9.17) is 18.0 Å². The van der Waals surface area contributed by atoms with Crippen LogP contribution in [0.4, 0.5) is 5.69 Å². The van der Waals surface area contributed by atoms with Gasteiger partial charge in [-0.1, -0.05) is 24.4 Å². The second-order valence-electron chi connectivity index (χ2n) is 5.08. The van der Waals surface area contributed by atoms with Gasteiger partial charge in [-0.2, -0.15) is 11.8 Å². The first-order chi connectivity index (χ1) is 10.1. The molecule has 1 aliphatic heterocycles. The third kappa shape index (κ3) is 4.43. The van der Waals surface area contributed by atoms with Gasteiger partial charge in [-0.25, -0.2) is 0 Å². The Morgan fingerprint density at radius 1 is 1.38 bits per heavy atom. The van der Waals surface area contributed by atoms with Crippen LogP contribution in [0.25, 0.3) is 0 Å². The largest absolute Gasteiger partial charge is 0.389 e. The molecular weight excluding hydrogens is 302 g/mol. The molecule has 1 atom stereocenters. The maximum atomic E-state index is 12.5. The SMILES string of the molecule is CC(C(=O)Nc1ccccc1C(N)=S)N1CCCSCC1. The van der Waals surface area contributed by atoms with E-state index < -0.39 is 0 Å². The van der Waals surface area contributed by atoms with Gasteiger partial charge in [0.25, 0.3) is 0 Å². The number of carbonyl (C=O) groups excluding carboxylic acids is 1. The molecule has 1 heterocycles. The molecule has 0 saturated carbocycles. The highest BCUT2D eigenvalue weighted by Crippen LogP contribution is 2.17. The first kappa shape index (κ1) is 16.3. The van der Waals surface area contributed by atoms with Gasteiger partial charge in [0.15, 0.2) is 0 Å². The molecule has 1 aromatic carbocycles. The molecular formula is C15H21N3OS2. The van der Waals surface area contributed by atoms with Crippen molar-refractivity contribution in [2.24, 2.45) is 5.73 Å². The van der Waals surface area contributed by atoms with E-state index in [0.29, 0.717) is 16.2 Å². The molecule has 114 valence electrons. The Bertz CT molecular complexity index is 513. The van der Waals surface area contributed by atoms with Crippen LogP contribution in [0, 0.1) is 0 Å². The molecule has 0 radical (unpaired) electrons. The van der Waals surface area contributed by atoms with Gasteiger partial charge in [0.05, 0.1) is 11.7 Å². The molecule has 2 rings (SSSR count). The zero-order valence-electron chi connectivity index (χ0n) is 12.2. The molecule has 0 bridgehead atoms. The van der Waals surface area contributed by atoms with Crippen LogP contribution in [0.2, 0.25) is 0 Å². The van der Waals surface area contributed by atoms with E-state index in [9.17, 15) is 4.79 Å². The minimum absolute atomic E-state index is 0.00870. The quantitative estimate of drug-likeness (QED) is 0.831. The lowest BCUT2D eigenvalue weighted by Crippen LogP contribution is -2.43. The molecule has 1 aromatic rings. The molecule has 0 aliphatic carbocycles. The second kappa shape index (κ2) is 7.77. The standard InChI is InChI=1S/C15H21N3OS2/c1-11(18-7-4-9-21-10-8-18)15(19)17-13-6-3-2-5-12(13)14(16)20/h2-3,5-6,11H,4,7-10H2,1H3,(H2,16,20)(H,17,19). The van der Waals surface area contributed by atoms with Crippen molar-refractivity contribution >= 4 is 40.6 Å². The second-order valence-corrected chi connectivity index (χ2v) is 6.74. The number of nitrogens with one attached hydrogen (secondary N) is 1. The number of nitrogens with two attached hydrogens (primary N) is 1. The number of nitrogens with zero attached hydrogens (tertiary/aromatic N) is 1. The number of amides is 1. The van der Waals surface area contributed by atoms with E-state index in [1.165, 1.54) is 5.75 Å². The van der Waals surface area contributed by atoms with E-state index in [-0.39, 0.29) is 11.9 Å². The number of thiocarbonyl (C=S) groups is 1. The lowest BCUT2D eigenvalue weighted by Gasteiger charge is -2.26. The molecule has 4 nitrogen and oxygen atoms in total. The number of carbonyl (C=O) groups is 1. The number of hydrogen-bond donors (Lipinski definition) is 2. The van der Waals surface area contributed by atoms with E-state index in [0.717, 1.165) is 25.3 Å². The van der Waals surface area contributed by atoms with E-state index in [1.807, 2.05) is 43.0 Å². The lowest BCUT2D eigenvalue weighted by molar-refractivity contribution is -0.120. The van der Waals surface area contributed by atoms with Crippen molar-refractivity contribution in [3.8, 4) is 0 Å². The average molecular weight is 323 g/mol. The summed E-state index contributed by atoms with van der Waals surface area (Å²) in [5.41, 5.74) is 7.09. The predicted octanol–water partition coefficient (Wildman–Crippen LogP) is 2.09. The monoisotopic (exact) mass is 323 g/mol. The van der Waals surface area contributed by atoms with Crippen LogP contribution in [0.1, 0.15) is 18.9 Å². The highest BCUT2D eigenvalue weighted by molar-refractivity contribution is 7.99. The summed E-state index contributed by atoms with van der Waals surface area (Å²) in [4.78, 5) is 15.0. The fourth-order valence-electron chi connectivity index (χ4n) is 2.36. The predicted molar refractivity (Wildman–Crippen MR) is 93.9 cm³/mol. The summed E-state index contributed by atoms with van der Waals surface area (Å²) in [6, 6.07) is 7.23. The molecule has 21 heavy (non-hydrogen) atoms. The van der Waals surface area contributed by atoms with Crippen molar-refractivity contribution < 1.29 is 4.79 Å². The first-order valence-electron chi connectivity index (χ1n) is 7.11. The number of benzene rings is 1. The van der Waals surface area contributed by atoms with Gasteiger partial charge in [0.2, 0.25) is 5.91 Å². The molecule has 3 N–H and O–H groups in total. The Morgan fingerprint density at radius 2 is 2.14 bits per heavy atom. The van der Waals surface area contributed by atoms with Crippen LogP contribution in [0.15, 0.2) is 24.3 Å². The molecule has 0 aromatic heterocycles. The van der Waals surface area contributed by atoms with E-state index in [1.54, 1.807) is 0 Å². The smallest absolute Gasteiger partial charge is 0.241 e. The highest BCUT2D eigenvalue weighted by Gasteiger charge is 2.22. The van der Waals surface area contributed by atoms with Crippen molar-refractivity contribution in [2.75, 3.05) is 29.9 Å². The van der Waals surface area contributed by atoms with Gasteiger partial charge in [0.1, 0.15) is 4.99 Å². The van der Waals surface area contributed by atoms with Crippen molar-refractivity contribution in [2.45, 2.75) is 19.4 Å². The maximum absolute atomic E-state index is 12.5. The zero-order valence-corrected chi connectivity index (χ0v) is 13.8. The minimum Gasteiger partial charge on any atom is -0.389 e. The van der Waals surface area contributed by atoms with Crippen LogP contribution in [-0.2, 0) is 4.79 Å². The van der Waals surface area contributed by atoms with Gasteiger partial charge in [-0.05, 0) is 37.8 Å². The van der Waals surface area contributed by atoms with Crippen LogP contribution < -0.4 is 11.1 Å². The normalized spacial score (nSPS) is 17.8. The van der Waals surface area contributed by atoms with Gasteiger partial charge >= 0.3 is 0 Å². The number of para-hydroxylation sites is 1. The first-order valence-corrected chi connectivity index (χ1v) is 8.67. The summed E-state index contributed by atoms with van der Waals surface area (Å²) in [5.74, 6) is 2.25. The number of thioether (sulfide) groups is 1. The molecule has 1 saturated heterocycles. The van der Waals surface area contributed by atoms with Crippen molar-refractivity contribution in [1.82, 2.24) is 4.90 Å². The van der Waals surface area contributed by atoms with Gasteiger partial charge in [-0.15, -0.1) is 0 Å². The Hall–Kier alpha value is -1.11. The Balaban J connectivity index is 2.05. The fourth-order valence-corrected chi connectivity index (χ4v) is 3.44. The van der Waals surface area contributed by atoms with Crippen molar-refractivity contribution in [1.29, 1.82) is 0 Å². The fraction of sp³-hybridized carbons (Fsp3) is 0.467. The summed E-state index contributed by atoms with van der Waals surface area (Å²) < 4.78 is 0. The molecule has 6 heteroatoms. The highest BCUT2D eigenvalue weighted by atomic mass is 32.2. The third-order valence-electron chi connectivity index (χ3n) is 3.63.